The molecule has 0 aromatic heterocycles. The Morgan fingerprint density at radius 3 is 3.00 bits per heavy atom. The number of piperidine rings is 1. The Morgan fingerprint density at radius 2 is 2.21 bits per heavy atom. The Kier molecular flexibility index (Phi) is 3.36. The second-order valence-electron chi connectivity index (χ2n) is 5.55. The van der Waals surface area contributed by atoms with Crippen molar-refractivity contribution in [2.24, 2.45) is 4.99 Å². The summed E-state index contributed by atoms with van der Waals surface area (Å²) in [5, 5.41) is 0. The maximum atomic E-state index is 11.7. The number of likely N-dealkylation sites (tertiary alicyclic amines) is 1. The van der Waals surface area contributed by atoms with E-state index in [4.69, 9.17) is 4.99 Å². The zero-order valence-corrected chi connectivity index (χ0v) is 11.4. The molecule has 2 aliphatic rings. The van der Waals surface area contributed by atoms with Crippen molar-refractivity contribution in [1.82, 2.24) is 4.90 Å². The van der Waals surface area contributed by atoms with Gasteiger partial charge in [0.2, 0.25) is 5.91 Å². The van der Waals surface area contributed by atoms with E-state index in [1.807, 2.05) is 11.0 Å². The monoisotopic (exact) mass is 256 g/mol. The number of fused-ring (bicyclic) bond motifs is 1. The van der Waals surface area contributed by atoms with Crippen LogP contribution < -0.4 is 0 Å². The summed E-state index contributed by atoms with van der Waals surface area (Å²) in [5.41, 5.74) is 3.67. The summed E-state index contributed by atoms with van der Waals surface area (Å²) in [6.45, 7) is 2.60. The summed E-state index contributed by atoms with van der Waals surface area (Å²) >= 11 is 0. The van der Waals surface area contributed by atoms with Crippen LogP contribution in [0.25, 0.3) is 0 Å². The van der Waals surface area contributed by atoms with Crippen LogP contribution >= 0.6 is 0 Å². The van der Waals surface area contributed by atoms with E-state index in [0.29, 0.717) is 6.04 Å². The van der Waals surface area contributed by atoms with Gasteiger partial charge >= 0.3 is 0 Å². The molecule has 1 unspecified atom stereocenters. The van der Waals surface area contributed by atoms with Crippen molar-refractivity contribution < 1.29 is 4.79 Å². The molecule has 1 aromatic rings. The lowest BCUT2D eigenvalue weighted by atomic mass is 9.95. The maximum Gasteiger partial charge on any atom is 0.219 e. The minimum Gasteiger partial charge on any atom is -0.340 e. The van der Waals surface area contributed by atoms with Gasteiger partial charge in [-0.15, -0.1) is 0 Å². The Morgan fingerprint density at radius 1 is 1.37 bits per heavy atom. The van der Waals surface area contributed by atoms with Gasteiger partial charge in [0.1, 0.15) is 0 Å². The fourth-order valence-electron chi connectivity index (χ4n) is 3.22. The van der Waals surface area contributed by atoms with Gasteiger partial charge in [0.05, 0.1) is 5.69 Å². The smallest absolute Gasteiger partial charge is 0.219 e. The average Bonchev–Trinajstić information content (AvgIpc) is 2.81. The van der Waals surface area contributed by atoms with Crippen LogP contribution in [0.1, 0.15) is 38.2 Å². The lowest BCUT2D eigenvalue weighted by Gasteiger charge is -2.35. The number of amides is 1. The van der Waals surface area contributed by atoms with Crippen LogP contribution in [-0.4, -0.2) is 29.1 Å². The highest BCUT2D eigenvalue weighted by Gasteiger charge is 2.27. The molecule has 0 N–H and O–H groups in total. The highest BCUT2D eigenvalue weighted by Crippen LogP contribution is 2.29. The first-order chi connectivity index (χ1) is 9.24. The van der Waals surface area contributed by atoms with Gasteiger partial charge in [-0.05, 0) is 30.9 Å². The zero-order valence-electron chi connectivity index (χ0n) is 11.4. The van der Waals surface area contributed by atoms with Crippen molar-refractivity contribution >= 4 is 17.3 Å². The number of para-hydroxylation sites is 1. The average molecular weight is 256 g/mol. The maximum absolute atomic E-state index is 11.7. The van der Waals surface area contributed by atoms with Gasteiger partial charge in [0.15, 0.2) is 0 Å². The standard InChI is InChI=1S/C16H20N2O/c1-12(19)18-9-5-4-7-15(18)11-14-10-13-6-2-3-8-16(13)17-14/h2-3,6,8,15H,4-5,7,9-11H2,1H3. The van der Waals surface area contributed by atoms with Crippen LogP contribution in [0.3, 0.4) is 0 Å². The molecule has 3 heteroatoms. The summed E-state index contributed by atoms with van der Waals surface area (Å²) in [6.07, 6.45) is 5.39. The fraction of sp³-hybridized carbons (Fsp3) is 0.500. The van der Waals surface area contributed by atoms with Gasteiger partial charge in [-0.25, -0.2) is 0 Å². The summed E-state index contributed by atoms with van der Waals surface area (Å²) < 4.78 is 0. The second kappa shape index (κ2) is 5.16. The first-order valence-electron chi connectivity index (χ1n) is 7.15. The summed E-state index contributed by atoms with van der Waals surface area (Å²) in [5.74, 6) is 0.209. The van der Waals surface area contributed by atoms with E-state index < -0.39 is 0 Å². The largest absolute Gasteiger partial charge is 0.340 e. The fourth-order valence-corrected chi connectivity index (χ4v) is 3.22. The van der Waals surface area contributed by atoms with E-state index in [2.05, 4.69) is 18.2 Å². The third-order valence-corrected chi connectivity index (χ3v) is 4.17. The molecule has 1 saturated heterocycles. The number of aliphatic imine (C=N–C) groups is 1. The first kappa shape index (κ1) is 12.4. The molecule has 1 amide bonds. The number of nitrogens with zero attached hydrogens (tertiary/aromatic N) is 2. The van der Waals surface area contributed by atoms with Crippen molar-refractivity contribution in [2.45, 2.75) is 45.1 Å². The van der Waals surface area contributed by atoms with Gasteiger partial charge < -0.3 is 4.90 Å². The van der Waals surface area contributed by atoms with Gasteiger partial charge in [0.25, 0.3) is 0 Å². The number of carbonyl (C=O) groups excluding carboxylic acids is 1. The highest BCUT2D eigenvalue weighted by atomic mass is 16.2. The van der Waals surface area contributed by atoms with E-state index in [0.717, 1.165) is 37.9 Å². The molecule has 1 atom stereocenters. The summed E-state index contributed by atoms with van der Waals surface area (Å²) in [7, 11) is 0. The molecule has 1 aromatic carbocycles. The zero-order chi connectivity index (χ0) is 13.2. The molecular formula is C16H20N2O. The van der Waals surface area contributed by atoms with Crippen LogP contribution in [0, 0.1) is 0 Å². The van der Waals surface area contributed by atoms with E-state index in [-0.39, 0.29) is 5.91 Å². The van der Waals surface area contributed by atoms with Gasteiger partial charge in [-0.1, -0.05) is 18.2 Å². The quantitative estimate of drug-likeness (QED) is 0.800. The Bertz CT molecular complexity index is 521. The lowest BCUT2D eigenvalue weighted by molar-refractivity contribution is -0.132. The van der Waals surface area contributed by atoms with Crippen molar-refractivity contribution in [1.29, 1.82) is 0 Å². The molecule has 0 bridgehead atoms. The molecular weight excluding hydrogens is 236 g/mol. The molecule has 3 nitrogen and oxygen atoms in total. The normalized spacial score (nSPS) is 22.1. The third kappa shape index (κ3) is 2.55. The van der Waals surface area contributed by atoms with Crippen LogP contribution in [-0.2, 0) is 11.2 Å². The predicted octanol–water partition coefficient (Wildman–Crippen LogP) is 3.11. The molecule has 2 heterocycles. The summed E-state index contributed by atoms with van der Waals surface area (Å²) in [4.78, 5) is 18.4. The third-order valence-electron chi connectivity index (χ3n) is 4.17. The van der Waals surface area contributed by atoms with Crippen molar-refractivity contribution in [3.63, 3.8) is 0 Å². The van der Waals surface area contributed by atoms with E-state index in [1.54, 1.807) is 6.92 Å². The van der Waals surface area contributed by atoms with Crippen LogP contribution in [0.4, 0.5) is 5.69 Å². The van der Waals surface area contributed by atoms with E-state index in [1.165, 1.54) is 17.7 Å². The van der Waals surface area contributed by atoms with Crippen molar-refractivity contribution in [3.05, 3.63) is 29.8 Å². The topological polar surface area (TPSA) is 32.7 Å². The van der Waals surface area contributed by atoms with Gasteiger partial charge in [0, 0.05) is 38.1 Å². The number of rotatable bonds is 2. The number of hydrogen-bond donors (Lipinski definition) is 0. The molecule has 2 aliphatic heterocycles. The minimum absolute atomic E-state index is 0.209. The van der Waals surface area contributed by atoms with Crippen LogP contribution in [0.5, 0.6) is 0 Å². The predicted molar refractivity (Wildman–Crippen MR) is 76.9 cm³/mol. The Hall–Kier alpha value is -1.64. The van der Waals surface area contributed by atoms with E-state index in [9.17, 15) is 4.79 Å². The molecule has 0 aliphatic carbocycles. The number of carbonyl (C=O) groups is 1. The van der Waals surface area contributed by atoms with E-state index >= 15 is 0 Å². The molecule has 1 fully saturated rings. The van der Waals surface area contributed by atoms with Crippen molar-refractivity contribution in [3.8, 4) is 0 Å². The van der Waals surface area contributed by atoms with Crippen LogP contribution in [0.15, 0.2) is 29.3 Å². The molecule has 19 heavy (non-hydrogen) atoms. The highest BCUT2D eigenvalue weighted by molar-refractivity contribution is 5.94. The lowest BCUT2D eigenvalue weighted by Crippen LogP contribution is -2.43. The van der Waals surface area contributed by atoms with Gasteiger partial charge in [-0.3, -0.25) is 9.79 Å². The Balaban J connectivity index is 1.71. The molecule has 100 valence electrons. The second-order valence-corrected chi connectivity index (χ2v) is 5.55. The number of benzene rings is 1. The Labute approximate surface area is 114 Å². The first-order valence-corrected chi connectivity index (χ1v) is 7.15. The van der Waals surface area contributed by atoms with Gasteiger partial charge in [-0.2, -0.15) is 0 Å². The molecule has 0 radical (unpaired) electrons. The molecule has 0 saturated carbocycles. The molecule has 3 rings (SSSR count). The van der Waals surface area contributed by atoms with Crippen LogP contribution in [0.2, 0.25) is 0 Å². The minimum atomic E-state index is 0.209. The molecule has 0 spiro atoms. The summed E-state index contributed by atoms with van der Waals surface area (Å²) in [6, 6.07) is 8.69. The number of hydrogen-bond acceptors (Lipinski definition) is 2. The van der Waals surface area contributed by atoms with Crippen molar-refractivity contribution in [2.75, 3.05) is 6.54 Å². The SMILES string of the molecule is CC(=O)N1CCCCC1CC1=Nc2ccccc2C1.